The first kappa shape index (κ1) is 17.1. The Labute approximate surface area is 137 Å². The third-order valence-electron chi connectivity index (χ3n) is 3.04. The molecular weight excluding hydrogens is 314 g/mol. The molecule has 3 amide bonds. The molecule has 2 heterocycles. The Balaban J connectivity index is 2.21. The van der Waals surface area contributed by atoms with Crippen LogP contribution in [-0.4, -0.2) is 39.3 Å². The highest BCUT2D eigenvalue weighted by molar-refractivity contribution is 5.96. The van der Waals surface area contributed by atoms with Crippen molar-refractivity contribution in [3.05, 3.63) is 41.9 Å². The Kier molecular flexibility index (Phi) is 5.25. The van der Waals surface area contributed by atoms with Crippen molar-refractivity contribution in [3.63, 3.8) is 0 Å². The summed E-state index contributed by atoms with van der Waals surface area (Å²) < 4.78 is 6.44. The lowest BCUT2D eigenvalue weighted by Gasteiger charge is -2.11. The van der Waals surface area contributed by atoms with Crippen molar-refractivity contribution in [2.75, 3.05) is 6.61 Å². The highest BCUT2D eigenvalue weighted by Gasteiger charge is 2.23. The Morgan fingerprint density at radius 2 is 2.08 bits per heavy atom. The van der Waals surface area contributed by atoms with Crippen LogP contribution < -0.4 is 11.1 Å². The number of carbonyl (C=O) groups is 3. The van der Waals surface area contributed by atoms with E-state index < -0.39 is 24.5 Å². The average Bonchev–Trinajstić information content (AvgIpc) is 2.98. The van der Waals surface area contributed by atoms with E-state index in [0.717, 1.165) is 0 Å². The van der Waals surface area contributed by atoms with E-state index in [2.05, 4.69) is 10.1 Å². The predicted octanol–water partition coefficient (Wildman–Crippen LogP) is 0.742. The minimum absolute atomic E-state index is 0.0449. The largest absolute Gasteiger partial charge is 0.452 e. The number of amides is 3. The molecule has 0 fully saturated rings. The molecule has 2 aromatic rings. The molecule has 0 atom stereocenters. The highest BCUT2D eigenvalue weighted by atomic mass is 16.5. The third-order valence-corrected chi connectivity index (χ3v) is 3.04. The van der Waals surface area contributed by atoms with Crippen molar-refractivity contribution in [2.45, 2.75) is 19.8 Å². The highest BCUT2D eigenvalue weighted by Crippen LogP contribution is 2.22. The summed E-state index contributed by atoms with van der Waals surface area (Å²) >= 11 is 0. The molecule has 0 aliphatic rings. The van der Waals surface area contributed by atoms with Crippen LogP contribution in [0.3, 0.4) is 0 Å². The molecule has 0 radical (unpaired) electrons. The van der Waals surface area contributed by atoms with Crippen LogP contribution in [0.2, 0.25) is 0 Å². The van der Waals surface area contributed by atoms with Gasteiger partial charge in [-0.05, 0) is 18.1 Å². The molecule has 2 rings (SSSR count). The standard InChI is InChI=1S/C15H17N5O4/c1-9(2)13-10(14(22)24-8-12(21)19-15(16)23)7-18-20(13)11-5-3-4-6-17-11/h3-7,9H,8H2,1-2H3,(H3,16,19,21,23). The van der Waals surface area contributed by atoms with Gasteiger partial charge in [-0.2, -0.15) is 5.10 Å². The maximum atomic E-state index is 12.2. The number of imide groups is 1. The third kappa shape index (κ3) is 3.94. The zero-order valence-electron chi connectivity index (χ0n) is 13.2. The smallest absolute Gasteiger partial charge is 0.342 e. The average molecular weight is 331 g/mol. The molecule has 24 heavy (non-hydrogen) atoms. The van der Waals surface area contributed by atoms with Gasteiger partial charge in [0.1, 0.15) is 5.56 Å². The van der Waals surface area contributed by atoms with Crippen LogP contribution in [0.1, 0.15) is 35.8 Å². The van der Waals surface area contributed by atoms with Gasteiger partial charge in [0.15, 0.2) is 12.4 Å². The quantitative estimate of drug-likeness (QED) is 0.777. The van der Waals surface area contributed by atoms with Crippen LogP contribution in [0, 0.1) is 0 Å². The number of nitrogens with zero attached hydrogens (tertiary/aromatic N) is 3. The predicted molar refractivity (Wildman–Crippen MR) is 83.5 cm³/mol. The van der Waals surface area contributed by atoms with Crippen LogP contribution in [0.15, 0.2) is 30.6 Å². The number of nitrogens with one attached hydrogen (secondary N) is 1. The minimum Gasteiger partial charge on any atom is -0.452 e. The molecule has 0 aliphatic carbocycles. The molecule has 0 saturated heterocycles. The summed E-state index contributed by atoms with van der Waals surface area (Å²) in [4.78, 5) is 38.3. The van der Waals surface area contributed by atoms with Crippen LogP contribution in [0.5, 0.6) is 0 Å². The second-order valence-electron chi connectivity index (χ2n) is 5.19. The number of urea groups is 1. The second kappa shape index (κ2) is 7.36. The zero-order valence-corrected chi connectivity index (χ0v) is 13.2. The minimum atomic E-state index is -1.01. The SMILES string of the molecule is CC(C)c1c(C(=O)OCC(=O)NC(N)=O)cnn1-c1ccccn1. The second-order valence-corrected chi connectivity index (χ2v) is 5.19. The molecular formula is C15H17N5O4. The summed E-state index contributed by atoms with van der Waals surface area (Å²) in [6.45, 7) is 3.17. The Morgan fingerprint density at radius 3 is 2.67 bits per heavy atom. The molecule has 0 saturated carbocycles. The molecule has 9 nitrogen and oxygen atoms in total. The van der Waals surface area contributed by atoms with Gasteiger partial charge in [-0.1, -0.05) is 19.9 Å². The van der Waals surface area contributed by atoms with Crippen LogP contribution in [-0.2, 0) is 9.53 Å². The van der Waals surface area contributed by atoms with E-state index >= 15 is 0 Å². The van der Waals surface area contributed by atoms with E-state index in [9.17, 15) is 14.4 Å². The fraction of sp³-hybridized carbons (Fsp3) is 0.267. The number of pyridine rings is 1. The summed E-state index contributed by atoms with van der Waals surface area (Å²) in [5, 5.41) is 5.99. The molecule has 9 heteroatoms. The van der Waals surface area contributed by atoms with Gasteiger partial charge in [0.05, 0.1) is 11.9 Å². The summed E-state index contributed by atoms with van der Waals surface area (Å²) in [5.74, 6) is -1.01. The fourth-order valence-electron chi connectivity index (χ4n) is 2.11. The Hall–Kier alpha value is -3.23. The monoisotopic (exact) mass is 331 g/mol. The van der Waals surface area contributed by atoms with Gasteiger partial charge < -0.3 is 10.5 Å². The van der Waals surface area contributed by atoms with E-state index in [0.29, 0.717) is 11.5 Å². The van der Waals surface area contributed by atoms with Crippen LogP contribution >= 0.6 is 0 Å². The number of nitrogens with two attached hydrogens (primary N) is 1. The van der Waals surface area contributed by atoms with E-state index in [1.165, 1.54) is 6.20 Å². The molecule has 0 aliphatic heterocycles. The summed E-state index contributed by atoms with van der Waals surface area (Å²) in [6, 6.07) is 4.32. The Bertz CT molecular complexity index is 754. The van der Waals surface area contributed by atoms with Crippen LogP contribution in [0.25, 0.3) is 5.82 Å². The lowest BCUT2D eigenvalue weighted by atomic mass is 10.1. The van der Waals surface area contributed by atoms with E-state index in [1.54, 1.807) is 29.1 Å². The molecule has 2 aromatic heterocycles. The van der Waals surface area contributed by atoms with E-state index in [1.807, 2.05) is 19.2 Å². The number of ether oxygens (including phenoxy) is 1. The van der Waals surface area contributed by atoms with Crippen LogP contribution in [0.4, 0.5) is 4.79 Å². The lowest BCUT2D eigenvalue weighted by molar-refractivity contribution is -0.123. The molecule has 0 aromatic carbocycles. The van der Waals surface area contributed by atoms with Crippen molar-refractivity contribution in [3.8, 4) is 5.82 Å². The number of carbonyl (C=O) groups excluding carboxylic acids is 3. The maximum absolute atomic E-state index is 12.2. The van der Waals surface area contributed by atoms with Gasteiger partial charge in [0.25, 0.3) is 5.91 Å². The van der Waals surface area contributed by atoms with Crippen molar-refractivity contribution in [2.24, 2.45) is 5.73 Å². The maximum Gasteiger partial charge on any atom is 0.342 e. The molecule has 3 N–H and O–H groups in total. The topological polar surface area (TPSA) is 129 Å². The van der Waals surface area contributed by atoms with Gasteiger partial charge in [-0.3, -0.25) is 10.1 Å². The number of esters is 1. The van der Waals surface area contributed by atoms with Crippen molar-refractivity contribution < 1.29 is 19.1 Å². The number of hydrogen-bond acceptors (Lipinski definition) is 6. The van der Waals surface area contributed by atoms with Gasteiger partial charge in [0.2, 0.25) is 0 Å². The summed E-state index contributed by atoms with van der Waals surface area (Å²) in [6.07, 6.45) is 2.98. The fourth-order valence-corrected chi connectivity index (χ4v) is 2.11. The molecule has 0 bridgehead atoms. The van der Waals surface area contributed by atoms with Crippen molar-refractivity contribution >= 4 is 17.9 Å². The van der Waals surface area contributed by atoms with Crippen molar-refractivity contribution in [1.29, 1.82) is 0 Å². The zero-order chi connectivity index (χ0) is 17.7. The number of rotatable bonds is 5. The molecule has 0 spiro atoms. The first-order valence-corrected chi connectivity index (χ1v) is 7.16. The summed E-state index contributed by atoms with van der Waals surface area (Å²) in [5.41, 5.74) is 5.64. The van der Waals surface area contributed by atoms with Gasteiger partial charge in [-0.25, -0.2) is 19.3 Å². The van der Waals surface area contributed by atoms with Gasteiger partial charge >= 0.3 is 12.0 Å². The Morgan fingerprint density at radius 1 is 1.33 bits per heavy atom. The number of hydrogen-bond donors (Lipinski definition) is 2. The van der Waals surface area contributed by atoms with E-state index in [-0.39, 0.29) is 11.5 Å². The molecule has 126 valence electrons. The lowest BCUT2D eigenvalue weighted by Crippen LogP contribution is -2.37. The first-order valence-electron chi connectivity index (χ1n) is 7.16. The first-order chi connectivity index (χ1) is 11.4. The van der Waals surface area contributed by atoms with Crippen molar-refractivity contribution in [1.82, 2.24) is 20.1 Å². The number of primary amides is 1. The van der Waals surface area contributed by atoms with E-state index in [4.69, 9.17) is 10.5 Å². The molecule has 0 unspecified atom stereocenters. The summed E-state index contributed by atoms with van der Waals surface area (Å²) in [7, 11) is 0. The van der Waals surface area contributed by atoms with Gasteiger partial charge in [-0.15, -0.1) is 0 Å². The van der Waals surface area contributed by atoms with Gasteiger partial charge in [0, 0.05) is 6.20 Å². The normalized spacial score (nSPS) is 10.5. The number of aromatic nitrogens is 3.